The van der Waals surface area contributed by atoms with Crippen LogP contribution in [0.3, 0.4) is 0 Å². The number of benzene rings is 2. The fourth-order valence-electron chi connectivity index (χ4n) is 2.30. The Hall–Kier alpha value is -1.55. The summed E-state index contributed by atoms with van der Waals surface area (Å²) in [7, 11) is 0. The largest absolute Gasteiger partial charge is 0.322 e. The van der Waals surface area contributed by atoms with Crippen molar-refractivity contribution in [3.63, 3.8) is 0 Å². The highest BCUT2D eigenvalue weighted by atomic mass is 35.5. The number of carbonyl (C=O) groups excluding carboxylic acids is 2. The lowest BCUT2D eigenvalue weighted by atomic mass is 9.85. The first-order valence-corrected chi connectivity index (χ1v) is 7.18. The topological polar surface area (TPSA) is 46.2 Å². The van der Waals surface area contributed by atoms with E-state index >= 15 is 0 Å². The quantitative estimate of drug-likeness (QED) is 0.623. The van der Waals surface area contributed by atoms with E-state index in [2.05, 4.69) is 5.32 Å². The fourth-order valence-corrected chi connectivity index (χ4v) is 3.02. The lowest BCUT2D eigenvalue weighted by Gasteiger charge is -2.31. The van der Waals surface area contributed by atoms with Crippen LogP contribution in [0.2, 0.25) is 10.0 Å². The fraction of sp³-hybridized carbons (Fsp3) is 0.0667. The first kappa shape index (κ1) is 14.4. The molecule has 1 aliphatic heterocycles. The molecule has 3 nitrogen and oxygen atoms in total. The summed E-state index contributed by atoms with van der Waals surface area (Å²) in [6.45, 7) is 0. The molecule has 0 radical (unpaired) electrons. The van der Waals surface area contributed by atoms with E-state index in [1.165, 1.54) is 12.1 Å². The van der Waals surface area contributed by atoms with Gasteiger partial charge < -0.3 is 5.32 Å². The molecule has 0 saturated carbocycles. The van der Waals surface area contributed by atoms with Crippen LogP contribution < -0.4 is 5.32 Å². The van der Waals surface area contributed by atoms with Crippen LogP contribution in [0.1, 0.15) is 15.9 Å². The molecule has 0 saturated heterocycles. The second-order valence-corrected chi connectivity index (χ2v) is 5.97. The highest BCUT2D eigenvalue weighted by Gasteiger charge is 2.51. The summed E-state index contributed by atoms with van der Waals surface area (Å²) < 4.78 is 0. The van der Waals surface area contributed by atoms with Gasteiger partial charge in [-0.3, -0.25) is 9.59 Å². The smallest absolute Gasteiger partial charge is 0.258 e. The number of hydrogen-bond acceptors (Lipinski definition) is 2. The van der Waals surface area contributed by atoms with Crippen molar-refractivity contribution in [1.82, 2.24) is 0 Å². The zero-order chi connectivity index (χ0) is 15.2. The predicted octanol–water partition coefficient (Wildman–Crippen LogP) is 4.26. The van der Waals surface area contributed by atoms with Crippen molar-refractivity contribution in [2.75, 3.05) is 5.32 Å². The molecule has 106 valence electrons. The van der Waals surface area contributed by atoms with Gasteiger partial charge in [-0.05, 0) is 17.7 Å². The maximum absolute atomic E-state index is 12.8. The Bertz CT molecular complexity index is 761. The molecular formula is C15H8Cl3NO2. The number of nitrogens with one attached hydrogen (secondary N) is 1. The maximum atomic E-state index is 12.8. The summed E-state index contributed by atoms with van der Waals surface area (Å²) >= 11 is 18.5. The summed E-state index contributed by atoms with van der Waals surface area (Å²) in [5.41, 5.74) is 0.713. The van der Waals surface area contributed by atoms with E-state index in [-0.39, 0.29) is 21.3 Å². The lowest BCUT2D eigenvalue weighted by Crippen LogP contribution is -2.46. The average molecular weight is 341 g/mol. The molecule has 6 heteroatoms. The molecule has 0 aromatic heterocycles. The summed E-state index contributed by atoms with van der Waals surface area (Å²) in [5, 5.41) is 3.01. The number of halogens is 3. The van der Waals surface area contributed by atoms with E-state index in [9.17, 15) is 9.59 Å². The normalized spacial score (nSPS) is 20.9. The standard InChI is InChI=1S/C15H8Cl3NO2/c16-9-6-7-10(17)12-11(9)13(20)15(18,14(21)19-12)8-4-2-1-3-5-8/h1-7H,(H,19,21). The Labute approximate surface area is 135 Å². The summed E-state index contributed by atoms with van der Waals surface area (Å²) in [6.07, 6.45) is 0. The number of ketones is 1. The molecule has 1 aliphatic rings. The van der Waals surface area contributed by atoms with Gasteiger partial charge in [0.15, 0.2) is 0 Å². The Morgan fingerprint density at radius 3 is 2.19 bits per heavy atom. The van der Waals surface area contributed by atoms with Crippen molar-refractivity contribution in [2.24, 2.45) is 0 Å². The minimum atomic E-state index is -1.84. The molecule has 1 atom stereocenters. The minimum absolute atomic E-state index is 0.127. The molecule has 3 rings (SSSR count). The van der Waals surface area contributed by atoms with E-state index in [0.717, 1.165) is 0 Å². The Morgan fingerprint density at radius 2 is 1.52 bits per heavy atom. The number of amides is 1. The summed E-state index contributed by atoms with van der Waals surface area (Å²) in [6, 6.07) is 11.4. The Kier molecular flexibility index (Phi) is 3.44. The van der Waals surface area contributed by atoms with Gasteiger partial charge >= 0.3 is 0 Å². The van der Waals surface area contributed by atoms with E-state index in [0.29, 0.717) is 5.56 Å². The van der Waals surface area contributed by atoms with Crippen molar-refractivity contribution < 1.29 is 9.59 Å². The van der Waals surface area contributed by atoms with Crippen molar-refractivity contribution in [3.05, 3.63) is 63.6 Å². The van der Waals surface area contributed by atoms with Gasteiger partial charge in [-0.2, -0.15) is 0 Å². The zero-order valence-electron chi connectivity index (χ0n) is 10.5. The van der Waals surface area contributed by atoms with Crippen LogP contribution in [-0.2, 0) is 9.67 Å². The van der Waals surface area contributed by atoms with E-state index < -0.39 is 16.6 Å². The molecule has 0 bridgehead atoms. The third-order valence-electron chi connectivity index (χ3n) is 3.37. The van der Waals surface area contributed by atoms with Gasteiger partial charge in [-0.25, -0.2) is 0 Å². The SMILES string of the molecule is O=C1Nc2c(Cl)ccc(Cl)c2C(=O)C1(Cl)c1ccccc1. The molecule has 1 amide bonds. The van der Waals surface area contributed by atoms with Gasteiger partial charge in [0.25, 0.3) is 5.91 Å². The first-order chi connectivity index (χ1) is 9.96. The van der Waals surface area contributed by atoms with Crippen molar-refractivity contribution in [1.29, 1.82) is 0 Å². The van der Waals surface area contributed by atoms with Crippen LogP contribution in [0.25, 0.3) is 0 Å². The van der Waals surface area contributed by atoms with Gasteiger partial charge in [0.05, 0.1) is 21.3 Å². The Morgan fingerprint density at radius 1 is 0.905 bits per heavy atom. The number of fused-ring (bicyclic) bond motifs is 1. The molecule has 2 aromatic carbocycles. The second-order valence-electron chi connectivity index (χ2n) is 4.59. The van der Waals surface area contributed by atoms with Gasteiger partial charge in [-0.1, -0.05) is 65.1 Å². The predicted molar refractivity (Wildman–Crippen MR) is 83.4 cm³/mol. The van der Waals surface area contributed by atoms with E-state index in [1.807, 2.05) is 0 Å². The first-order valence-electron chi connectivity index (χ1n) is 6.05. The van der Waals surface area contributed by atoms with Gasteiger partial charge in [-0.15, -0.1) is 0 Å². The third-order valence-corrected chi connectivity index (χ3v) is 4.56. The number of anilines is 1. The van der Waals surface area contributed by atoms with Gasteiger partial charge in [0.2, 0.25) is 10.7 Å². The van der Waals surface area contributed by atoms with Crippen LogP contribution in [0.5, 0.6) is 0 Å². The lowest BCUT2D eigenvalue weighted by molar-refractivity contribution is -0.117. The highest BCUT2D eigenvalue weighted by Crippen LogP contribution is 2.44. The van der Waals surface area contributed by atoms with Crippen LogP contribution in [0.15, 0.2) is 42.5 Å². The molecular weight excluding hydrogens is 333 g/mol. The third kappa shape index (κ3) is 2.04. The number of rotatable bonds is 1. The second kappa shape index (κ2) is 5.02. The van der Waals surface area contributed by atoms with Crippen molar-refractivity contribution in [3.8, 4) is 0 Å². The van der Waals surface area contributed by atoms with Crippen molar-refractivity contribution in [2.45, 2.75) is 4.87 Å². The number of carbonyl (C=O) groups is 2. The monoisotopic (exact) mass is 339 g/mol. The minimum Gasteiger partial charge on any atom is -0.322 e. The molecule has 0 aliphatic carbocycles. The van der Waals surface area contributed by atoms with E-state index in [1.54, 1.807) is 30.3 Å². The molecule has 0 spiro atoms. The van der Waals surface area contributed by atoms with E-state index in [4.69, 9.17) is 34.8 Å². The molecule has 21 heavy (non-hydrogen) atoms. The maximum Gasteiger partial charge on any atom is 0.258 e. The van der Waals surface area contributed by atoms with Crippen LogP contribution >= 0.6 is 34.8 Å². The zero-order valence-corrected chi connectivity index (χ0v) is 12.8. The van der Waals surface area contributed by atoms with Crippen LogP contribution in [-0.4, -0.2) is 11.7 Å². The van der Waals surface area contributed by atoms with Crippen LogP contribution in [0, 0.1) is 0 Å². The molecule has 1 heterocycles. The summed E-state index contributed by atoms with van der Waals surface area (Å²) in [5.74, 6) is -1.22. The Balaban J connectivity index is 2.26. The molecule has 1 unspecified atom stereocenters. The molecule has 2 aromatic rings. The van der Waals surface area contributed by atoms with Gasteiger partial charge in [0, 0.05) is 0 Å². The molecule has 1 N–H and O–H groups in total. The number of Topliss-reactive ketones (excluding diaryl/α,β-unsaturated/α-hetero) is 1. The summed E-state index contributed by atoms with van der Waals surface area (Å²) in [4.78, 5) is 23.3. The van der Waals surface area contributed by atoms with Crippen LogP contribution in [0.4, 0.5) is 5.69 Å². The highest BCUT2D eigenvalue weighted by molar-refractivity contribution is 6.54. The number of hydrogen-bond donors (Lipinski definition) is 1. The molecule has 0 fully saturated rings. The number of alkyl halides is 1. The average Bonchev–Trinajstić information content (AvgIpc) is 2.49. The van der Waals surface area contributed by atoms with Crippen molar-refractivity contribution >= 4 is 52.2 Å². The van der Waals surface area contributed by atoms with Gasteiger partial charge in [0.1, 0.15) is 0 Å².